The third-order valence-electron chi connectivity index (χ3n) is 2.48. The van der Waals surface area contributed by atoms with E-state index in [4.69, 9.17) is 10.2 Å². The molecule has 3 nitrogen and oxygen atoms in total. The Balaban J connectivity index is 2.06. The van der Waals surface area contributed by atoms with Crippen molar-refractivity contribution in [2.45, 2.75) is 6.04 Å². The standard InChI is InChI=1S/C12H9FN2OS/c13-7-3-4-9-8(6-7)15-12(16-9)11(14)10-2-1-5-17-10/h1-6,11H,14H2. The molecule has 3 aromatic rings. The van der Waals surface area contributed by atoms with E-state index in [2.05, 4.69) is 4.98 Å². The third kappa shape index (κ3) is 1.83. The van der Waals surface area contributed by atoms with Gasteiger partial charge in [0.05, 0.1) is 0 Å². The molecule has 0 bridgehead atoms. The van der Waals surface area contributed by atoms with E-state index in [1.807, 2.05) is 17.5 Å². The van der Waals surface area contributed by atoms with Crippen LogP contribution >= 0.6 is 11.3 Å². The highest BCUT2D eigenvalue weighted by Crippen LogP contribution is 2.26. The van der Waals surface area contributed by atoms with Gasteiger partial charge in [-0.05, 0) is 23.6 Å². The largest absolute Gasteiger partial charge is 0.439 e. The summed E-state index contributed by atoms with van der Waals surface area (Å²) in [5.41, 5.74) is 7.07. The van der Waals surface area contributed by atoms with Crippen LogP contribution in [0.2, 0.25) is 0 Å². The van der Waals surface area contributed by atoms with Crippen LogP contribution in [-0.4, -0.2) is 4.98 Å². The van der Waals surface area contributed by atoms with Crippen LogP contribution in [0.25, 0.3) is 11.1 Å². The van der Waals surface area contributed by atoms with Crippen LogP contribution < -0.4 is 5.73 Å². The Hall–Kier alpha value is -1.72. The van der Waals surface area contributed by atoms with E-state index < -0.39 is 6.04 Å². The molecule has 1 unspecified atom stereocenters. The molecule has 5 heteroatoms. The molecule has 0 aliphatic heterocycles. The Morgan fingerprint density at radius 1 is 1.35 bits per heavy atom. The van der Waals surface area contributed by atoms with Crippen LogP contribution in [0.3, 0.4) is 0 Å². The van der Waals surface area contributed by atoms with Crippen molar-refractivity contribution in [3.05, 3.63) is 52.3 Å². The van der Waals surface area contributed by atoms with Gasteiger partial charge in [-0.1, -0.05) is 6.07 Å². The highest BCUT2D eigenvalue weighted by atomic mass is 32.1. The van der Waals surface area contributed by atoms with Crippen LogP contribution in [-0.2, 0) is 0 Å². The minimum Gasteiger partial charge on any atom is -0.439 e. The van der Waals surface area contributed by atoms with Crippen molar-refractivity contribution in [3.63, 3.8) is 0 Å². The SMILES string of the molecule is NC(c1nc2cc(F)ccc2o1)c1cccs1. The predicted molar refractivity (Wildman–Crippen MR) is 64.3 cm³/mol. The van der Waals surface area contributed by atoms with Crippen molar-refractivity contribution in [2.75, 3.05) is 0 Å². The van der Waals surface area contributed by atoms with Crippen LogP contribution in [0.1, 0.15) is 16.8 Å². The summed E-state index contributed by atoms with van der Waals surface area (Å²) in [6.07, 6.45) is 0. The fourth-order valence-electron chi connectivity index (χ4n) is 1.64. The number of oxazole rings is 1. The van der Waals surface area contributed by atoms with E-state index >= 15 is 0 Å². The fraction of sp³-hybridized carbons (Fsp3) is 0.0833. The van der Waals surface area contributed by atoms with Crippen molar-refractivity contribution in [2.24, 2.45) is 5.73 Å². The maximum Gasteiger partial charge on any atom is 0.217 e. The van der Waals surface area contributed by atoms with Gasteiger partial charge in [-0.3, -0.25) is 0 Å². The van der Waals surface area contributed by atoms with Gasteiger partial charge in [-0.25, -0.2) is 9.37 Å². The number of aromatic nitrogens is 1. The molecule has 1 aromatic carbocycles. The number of fused-ring (bicyclic) bond motifs is 1. The average molecular weight is 248 g/mol. The quantitative estimate of drug-likeness (QED) is 0.758. The lowest BCUT2D eigenvalue weighted by Gasteiger charge is -2.02. The second-order valence-corrected chi connectivity index (χ2v) is 4.64. The van der Waals surface area contributed by atoms with Crippen LogP contribution in [0.4, 0.5) is 4.39 Å². The molecule has 2 N–H and O–H groups in total. The van der Waals surface area contributed by atoms with Crippen molar-refractivity contribution in [3.8, 4) is 0 Å². The molecule has 2 heterocycles. The van der Waals surface area contributed by atoms with Crippen LogP contribution in [0, 0.1) is 5.82 Å². The zero-order valence-corrected chi connectivity index (χ0v) is 9.58. The van der Waals surface area contributed by atoms with Gasteiger partial charge in [0.25, 0.3) is 0 Å². The second kappa shape index (κ2) is 3.94. The lowest BCUT2D eigenvalue weighted by molar-refractivity contribution is 0.507. The smallest absolute Gasteiger partial charge is 0.217 e. The molecule has 3 rings (SSSR count). The van der Waals surface area contributed by atoms with Crippen molar-refractivity contribution in [1.82, 2.24) is 4.98 Å². The van der Waals surface area contributed by atoms with Crippen LogP contribution in [0.15, 0.2) is 40.1 Å². The summed E-state index contributed by atoms with van der Waals surface area (Å²) < 4.78 is 18.5. The number of benzene rings is 1. The summed E-state index contributed by atoms with van der Waals surface area (Å²) in [4.78, 5) is 5.17. The molecule has 17 heavy (non-hydrogen) atoms. The molecule has 0 saturated heterocycles. The molecule has 0 aliphatic carbocycles. The summed E-state index contributed by atoms with van der Waals surface area (Å²) in [7, 11) is 0. The van der Waals surface area contributed by atoms with E-state index in [1.54, 1.807) is 6.07 Å². The van der Waals surface area contributed by atoms with E-state index in [-0.39, 0.29) is 5.82 Å². The monoisotopic (exact) mass is 248 g/mol. The molecule has 0 fully saturated rings. The van der Waals surface area contributed by atoms with Crippen molar-refractivity contribution < 1.29 is 8.81 Å². The number of hydrogen-bond acceptors (Lipinski definition) is 4. The number of hydrogen-bond donors (Lipinski definition) is 1. The first-order valence-electron chi connectivity index (χ1n) is 5.09. The van der Waals surface area contributed by atoms with E-state index in [1.165, 1.54) is 23.5 Å². The van der Waals surface area contributed by atoms with Gasteiger partial charge in [0.15, 0.2) is 5.58 Å². The van der Waals surface area contributed by atoms with E-state index in [0.717, 1.165) is 4.88 Å². The van der Waals surface area contributed by atoms with Gasteiger partial charge in [0, 0.05) is 10.9 Å². The van der Waals surface area contributed by atoms with Crippen molar-refractivity contribution in [1.29, 1.82) is 0 Å². The van der Waals surface area contributed by atoms with E-state index in [9.17, 15) is 4.39 Å². The first-order chi connectivity index (χ1) is 8.24. The molecule has 0 aliphatic rings. The highest BCUT2D eigenvalue weighted by Gasteiger charge is 2.16. The van der Waals surface area contributed by atoms with Gasteiger partial charge >= 0.3 is 0 Å². The summed E-state index contributed by atoms with van der Waals surface area (Å²) >= 11 is 1.54. The molecule has 0 spiro atoms. The molecule has 86 valence electrons. The normalized spacial score (nSPS) is 13.1. The molecule has 0 amide bonds. The third-order valence-corrected chi connectivity index (χ3v) is 3.44. The number of nitrogens with two attached hydrogens (primary N) is 1. The Morgan fingerprint density at radius 3 is 3.00 bits per heavy atom. The molecule has 1 atom stereocenters. The second-order valence-electron chi connectivity index (χ2n) is 3.66. The van der Waals surface area contributed by atoms with Gasteiger partial charge in [-0.15, -0.1) is 11.3 Å². The predicted octanol–water partition coefficient (Wildman–Crippen LogP) is 3.08. The van der Waals surface area contributed by atoms with Crippen molar-refractivity contribution >= 4 is 22.4 Å². The topological polar surface area (TPSA) is 52.0 Å². The zero-order valence-electron chi connectivity index (χ0n) is 8.76. The Labute approximate surface area is 101 Å². The maximum atomic E-state index is 13.0. The highest BCUT2D eigenvalue weighted by molar-refractivity contribution is 7.10. The molecular weight excluding hydrogens is 239 g/mol. The Kier molecular flexibility index (Phi) is 2.42. The first kappa shape index (κ1) is 10.4. The van der Waals surface area contributed by atoms with Gasteiger partial charge in [-0.2, -0.15) is 0 Å². The Morgan fingerprint density at radius 2 is 2.24 bits per heavy atom. The number of thiophene rings is 1. The fourth-order valence-corrected chi connectivity index (χ4v) is 2.36. The summed E-state index contributed by atoms with van der Waals surface area (Å²) in [5, 5.41) is 1.94. The molecule has 2 aromatic heterocycles. The number of rotatable bonds is 2. The summed E-state index contributed by atoms with van der Waals surface area (Å²) in [5.74, 6) is 0.0788. The number of nitrogens with zero attached hydrogens (tertiary/aromatic N) is 1. The molecule has 0 saturated carbocycles. The number of halogens is 1. The van der Waals surface area contributed by atoms with Gasteiger partial charge in [0.1, 0.15) is 17.4 Å². The molecular formula is C12H9FN2OS. The minimum atomic E-state index is -0.398. The van der Waals surface area contributed by atoms with Crippen LogP contribution in [0.5, 0.6) is 0 Å². The first-order valence-corrected chi connectivity index (χ1v) is 5.97. The molecule has 0 radical (unpaired) electrons. The lowest BCUT2D eigenvalue weighted by Crippen LogP contribution is -2.10. The Bertz CT molecular complexity index is 648. The lowest BCUT2D eigenvalue weighted by atomic mass is 10.2. The van der Waals surface area contributed by atoms with E-state index in [0.29, 0.717) is 17.0 Å². The summed E-state index contributed by atoms with van der Waals surface area (Å²) in [6, 6.07) is 7.68. The average Bonchev–Trinajstić information content (AvgIpc) is 2.96. The minimum absolute atomic E-state index is 0.331. The van der Waals surface area contributed by atoms with Gasteiger partial charge in [0.2, 0.25) is 5.89 Å². The zero-order chi connectivity index (χ0) is 11.8. The summed E-state index contributed by atoms with van der Waals surface area (Å²) in [6.45, 7) is 0. The maximum absolute atomic E-state index is 13.0. The van der Waals surface area contributed by atoms with Gasteiger partial charge < -0.3 is 10.2 Å².